The van der Waals surface area contributed by atoms with Crippen molar-refractivity contribution in [1.29, 1.82) is 10.8 Å². The molecule has 4 rings (SSSR count). The highest BCUT2D eigenvalue weighted by molar-refractivity contribution is 5.98. The molecular weight excluding hydrogens is 348 g/mol. The van der Waals surface area contributed by atoms with Crippen LogP contribution in [0.3, 0.4) is 0 Å². The minimum Gasteiger partial charge on any atom is -0.491 e. The Labute approximate surface area is 163 Å². The van der Waals surface area contributed by atoms with Gasteiger partial charge in [-0.25, -0.2) is 0 Å². The highest BCUT2D eigenvalue weighted by Gasteiger charge is 2.08. The molecule has 0 saturated heterocycles. The van der Waals surface area contributed by atoms with Crippen molar-refractivity contribution in [3.63, 3.8) is 0 Å². The number of rotatable bonds is 4. The number of fused-ring (bicyclic) bond motifs is 1. The van der Waals surface area contributed by atoms with Gasteiger partial charge in [0.2, 0.25) is 0 Å². The van der Waals surface area contributed by atoms with E-state index in [9.17, 15) is 0 Å². The Morgan fingerprint density at radius 3 is 2.46 bits per heavy atom. The molecule has 0 aliphatic heterocycles. The van der Waals surface area contributed by atoms with Crippen LogP contribution in [0.15, 0.2) is 73.1 Å². The average molecular weight is 370 g/mol. The van der Waals surface area contributed by atoms with Gasteiger partial charge in [-0.1, -0.05) is 6.07 Å². The third kappa shape index (κ3) is 3.47. The van der Waals surface area contributed by atoms with Crippen LogP contribution >= 0.6 is 0 Å². The molecule has 28 heavy (non-hydrogen) atoms. The molecule has 0 aliphatic carbocycles. The molecule has 0 radical (unpaired) electrons. The van der Waals surface area contributed by atoms with Gasteiger partial charge in [0.15, 0.2) is 0 Å². The van der Waals surface area contributed by atoms with Crippen molar-refractivity contribution in [2.75, 3.05) is 0 Å². The smallest absolute Gasteiger partial charge is 0.137 e. The number of hydrogen-bond acceptors (Lipinski definition) is 3. The molecule has 2 aromatic carbocycles. The van der Waals surface area contributed by atoms with Gasteiger partial charge in [-0.05, 0) is 85.0 Å². The minimum absolute atomic E-state index is 0.105. The van der Waals surface area contributed by atoms with E-state index in [-0.39, 0.29) is 17.4 Å². The Morgan fingerprint density at radius 2 is 1.71 bits per heavy atom. The molecule has 5 nitrogen and oxygen atoms in total. The van der Waals surface area contributed by atoms with Gasteiger partial charge >= 0.3 is 0 Å². The number of pyridine rings is 1. The molecule has 140 valence electrons. The highest BCUT2D eigenvalue weighted by Crippen LogP contribution is 2.23. The van der Waals surface area contributed by atoms with E-state index in [0.717, 1.165) is 33.3 Å². The van der Waals surface area contributed by atoms with Crippen molar-refractivity contribution >= 4 is 16.7 Å². The molecule has 5 heteroatoms. The van der Waals surface area contributed by atoms with Crippen molar-refractivity contribution in [2.24, 2.45) is 0 Å². The van der Waals surface area contributed by atoms with Crippen LogP contribution in [0.4, 0.5) is 0 Å². The average Bonchev–Trinajstić information content (AvgIpc) is 3.16. The van der Waals surface area contributed by atoms with Crippen molar-refractivity contribution in [3.05, 3.63) is 84.1 Å². The summed E-state index contributed by atoms with van der Waals surface area (Å²) in [5, 5.41) is 18.0. The van der Waals surface area contributed by atoms with Crippen LogP contribution in [-0.4, -0.2) is 21.5 Å². The quantitative estimate of drug-likeness (QED) is 0.351. The largest absolute Gasteiger partial charge is 0.491 e. The van der Waals surface area contributed by atoms with Crippen LogP contribution in [-0.2, 0) is 0 Å². The van der Waals surface area contributed by atoms with Gasteiger partial charge < -0.3 is 9.72 Å². The Balaban J connectivity index is 1.68. The summed E-state index contributed by atoms with van der Waals surface area (Å²) in [5.41, 5.74) is 4.09. The van der Waals surface area contributed by atoms with Crippen LogP contribution < -0.4 is 10.2 Å². The number of nitrogens with one attached hydrogen (secondary N) is 3. The Bertz CT molecular complexity index is 1200. The Hall–Kier alpha value is -3.60. The third-order valence-corrected chi connectivity index (χ3v) is 4.58. The highest BCUT2D eigenvalue weighted by atomic mass is 16.5. The van der Waals surface area contributed by atoms with Gasteiger partial charge in [0.1, 0.15) is 17.1 Å². The van der Waals surface area contributed by atoms with Gasteiger partial charge in [0.05, 0.1) is 6.10 Å². The van der Waals surface area contributed by atoms with E-state index in [1.807, 2.05) is 74.8 Å². The van der Waals surface area contributed by atoms with Crippen LogP contribution in [0.5, 0.6) is 5.75 Å². The first-order valence-corrected chi connectivity index (χ1v) is 9.22. The van der Waals surface area contributed by atoms with Crippen LogP contribution in [0.1, 0.15) is 19.4 Å². The Morgan fingerprint density at radius 1 is 0.964 bits per heavy atom. The monoisotopic (exact) mass is 370 g/mol. The number of H-pyrrole nitrogens is 1. The van der Waals surface area contributed by atoms with E-state index in [1.165, 1.54) is 0 Å². The van der Waals surface area contributed by atoms with E-state index in [0.29, 0.717) is 0 Å². The fourth-order valence-corrected chi connectivity index (χ4v) is 3.19. The zero-order chi connectivity index (χ0) is 19.7. The maximum atomic E-state index is 8.59. The predicted octanol–water partition coefficient (Wildman–Crippen LogP) is 4.78. The number of aromatic nitrogens is 2. The summed E-state index contributed by atoms with van der Waals surface area (Å²) < 4.78 is 7.26. The second-order valence-corrected chi connectivity index (χ2v) is 6.99. The first kappa shape index (κ1) is 17.8. The number of hydrogen-bond donors (Lipinski definition) is 3. The first-order chi connectivity index (χ1) is 13.5. The molecule has 3 N–H and O–H groups in total. The van der Waals surface area contributed by atoms with E-state index in [4.69, 9.17) is 15.6 Å². The maximum absolute atomic E-state index is 8.59. The normalized spacial score (nSPS) is 11.1. The van der Waals surface area contributed by atoms with Crippen molar-refractivity contribution in [3.8, 4) is 16.9 Å². The van der Waals surface area contributed by atoms with Gasteiger partial charge in [-0.15, -0.1) is 0 Å². The topological polar surface area (TPSA) is 77.7 Å². The predicted molar refractivity (Wildman–Crippen MR) is 112 cm³/mol. The zero-order valence-electron chi connectivity index (χ0n) is 15.9. The molecule has 4 aromatic rings. The summed E-state index contributed by atoms with van der Waals surface area (Å²) in [6.45, 7) is 3.96. The summed E-state index contributed by atoms with van der Waals surface area (Å²) in [5.74, 6) is 1.03. The fourth-order valence-electron chi connectivity index (χ4n) is 3.19. The van der Waals surface area contributed by atoms with Gasteiger partial charge in [0.25, 0.3) is 0 Å². The van der Waals surface area contributed by atoms with Crippen molar-refractivity contribution < 1.29 is 4.74 Å². The molecule has 0 fully saturated rings. The summed E-state index contributed by atoms with van der Waals surface area (Å²) in [4.78, 5) is 3.20. The van der Waals surface area contributed by atoms with Crippen LogP contribution in [0, 0.1) is 10.8 Å². The van der Waals surface area contributed by atoms with E-state index in [1.54, 1.807) is 10.6 Å². The molecule has 0 amide bonds. The molecule has 2 aromatic heterocycles. The zero-order valence-corrected chi connectivity index (χ0v) is 15.9. The molecular formula is C23H22N4O. The second-order valence-electron chi connectivity index (χ2n) is 6.99. The standard InChI is InChI=1S/C23H22N4O/c1-15(2)28-20-7-3-16(4-8-20)23(25)27-14-19(6-10-22(27)24)17-5-9-21-18(13-17)11-12-26-21/h3-15,24-26H,1-2H3. The molecule has 2 heterocycles. The molecule has 0 spiro atoms. The van der Waals surface area contributed by atoms with Crippen molar-refractivity contribution in [1.82, 2.24) is 9.55 Å². The number of aromatic amines is 1. The van der Waals surface area contributed by atoms with E-state index < -0.39 is 0 Å². The molecule has 0 atom stereocenters. The lowest BCUT2D eigenvalue weighted by Crippen LogP contribution is -2.26. The summed E-state index contributed by atoms with van der Waals surface area (Å²) in [7, 11) is 0. The number of nitrogens with zero attached hydrogens (tertiary/aromatic N) is 1. The lowest BCUT2D eigenvalue weighted by atomic mass is 10.1. The molecule has 0 aliphatic rings. The van der Waals surface area contributed by atoms with Crippen LogP contribution in [0.2, 0.25) is 0 Å². The molecule has 0 unspecified atom stereocenters. The summed E-state index contributed by atoms with van der Waals surface area (Å²) >= 11 is 0. The second kappa shape index (κ2) is 7.19. The van der Waals surface area contributed by atoms with Crippen LogP contribution in [0.25, 0.3) is 22.0 Å². The van der Waals surface area contributed by atoms with E-state index in [2.05, 4.69) is 11.1 Å². The lowest BCUT2D eigenvalue weighted by Gasteiger charge is -2.13. The maximum Gasteiger partial charge on any atom is 0.137 e. The third-order valence-electron chi connectivity index (χ3n) is 4.58. The minimum atomic E-state index is 0.105. The number of ether oxygens (including phenoxy) is 1. The number of benzene rings is 2. The van der Waals surface area contributed by atoms with Gasteiger partial charge in [0, 0.05) is 23.5 Å². The van der Waals surface area contributed by atoms with Crippen molar-refractivity contribution in [2.45, 2.75) is 20.0 Å². The molecule has 0 bridgehead atoms. The lowest BCUT2D eigenvalue weighted by molar-refractivity contribution is 0.242. The SMILES string of the molecule is CC(C)Oc1ccc(C(=N)n2cc(-c3ccc4[nH]ccc4c3)ccc2=N)cc1. The first-order valence-electron chi connectivity index (χ1n) is 9.22. The summed E-state index contributed by atoms with van der Waals surface area (Å²) in [6, 6.07) is 19.3. The summed E-state index contributed by atoms with van der Waals surface area (Å²) in [6.07, 6.45) is 3.87. The van der Waals surface area contributed by atoms with E-state index >= 15 is 0 Å². The van der Waals surface area contributed by atoms with Gasteiger partial charge in [-0.3, -0.25) is 15.4 Å². The fraction of sp³-hybridized carbons (Fsp3) is 0.130. The van der Waals surface area contributed by atoms with Gasteiger partial charge in [-0.2, -0.15) is 0 Å². The Kier molecular flexibility index (Phi) is 4.57. The molecule has 0 saturated carbocycles.